The molecular formula is C22H32O4. The zero-order chi connectivity index (χ0) is 18.9. The SMILES string of the molecule is CC(C(=O)O)[C@H]1CCC2C3CCC4=CC(=O)CC[C@]4(C)[C@@]3(O)CC[C@@]21C. The Morgan fingerprint density at radius 2 is 1.85 bits per heavy atom. The quantitative estimate of drug-likeness (QED) is 0.781. The Kier molecular flexibility index (Phi) is 3.97. The van der Waals surface area contributed by atoms with Gasteiger partial charge in [0, 0.05) is 11.8 Å². The molecule has 26 heavy (non-hydrogen) atoms. The normalized spacial score (nSPS) is 48.8. The van der Waals surface area contributed by atoms with Crippen LogP contribution in [0.1, 0.15) is 72.1 Å². The number of carboxylic acids is 1. The molecule has 0 amide bonds. The van der Waals surface area contributed by atoms with Crippen molar-refractivity contribution in [1.29, 1.82) is 0 Å². The van der Waals surface area contributed by atoms with Crippen LogP contribution in [0.3, 0.4) is 0 Å². The van der Waals surface area contributed by atoms with E-state index in [0.717, 1.165) is 50.5 Å². The number of ketones is 1. The predicted molar refractivity (Wildman–Crippen MR) is 98.5 cm³/mol. The maximum Gasteiger partial charge on any atom is 0.306 e. The topological polar surface area (TPSA) is 74.6 Å². The minimum Gasteiger partial charge on any atom is -0.481 e. The van der Waals surface area contributed by atoms with E-state index in [0.29, 0.717) is 12.3 Å². The van der Waals surface area contributed by atoms with Crippen molar-refractivity contribution >= 4 is 11.8 Å². The first-order chi connectivity index (χ1) is 12.1. The highest BCUT2D eigenvalue weighted by molar-refractivity contribution is 5.91. The molecule has 7 atom stereocenters. The van der Waals surface area contributed by atoms with E-state index in [1.807, 2.05) is 13.0 Å². The predicted octanol–water partition coefficient (Wildman–Crippen LogP) is 3.97. The van der Waals surface area contributed by atoms with E-state index in [-0.39, 0.29) is 34.4 Å². The monoisotopic (exact) mass is 360 g/mol. The van der Waals surface area contributed by atoms with E-state index in [4.69, 9.17) is 0 Å². The Bertz CT molecular complexity index is 682. The zero-order valence-electron chi connectivity index (χ0n) is 16.3. The summed E-state index contributed by atoms with van der Waals surface area (Å²) in [5.74, 6) is 0.0118. The fourth-order valence-corrected chi connectivity index (χ4v) is 7.53. The molecule has 4 nitrogen and oxygen atoms in total. The maximum absolute atomic E-state index is 12.0. The molecule has 3 unspecified atom stereocenters. The molecule has 0 bridgehead atoms. The van der Waals surface area contributed by atoms with Gasteiger partial charge in [-0.05, 0) is 74.2 Å². The lowest BCUT2D eigenvalue weighted by molar-refractivity contribution is -0.194. The molecule has 4 aliphatic carbocycles. The van der Waals surface area contributed by atoms with Crippen LogP contribution in [-0.4, -0.2) is 27.6 Å². The Labute approximate surface area is 156 Å². The molecule has 0 aliphatic heterocycles. The Morgan fingerprint density at radius 3 is 2.54 bits per heavy atom. The highest BCUT2D eigenvalue weighted by atomic mass is 16.4. The highest BCUT2D eigenvalue weighted by Crippen LogP contribution is 2.68. The van der Waals surface area contributed by atoms with Gasteiger partial charge in [0.2, 0.25) is 0 Å². The van der Waals surface area contributed by atoms with Crippen molar-refractivity contribution in [2.24, 2.45) is 34.5 Å². The van der Waals surface area contributed by atoms with Gasteiger partial charge in [-0.2, -0.15) is 0 Å². The number of carbonyl (C=O) groups excluding carboxylic acids is 1. The fourth-order valence-electron chi connectivity index (χ4n) is 7.53. The lowest BCUT2D eigenvalue weighted by Crippen LogP contribution is -2.63. The summed E-state index contributed by atoms with van der Waals surface area (Å²) in [6.45, 7) is 6.32. The third-order valence-electron chi connectivity index (χ3n) is 9.22. The summed E-state index contributed by atoms with van der Waals surface area (Å²) in [5, 5.41) is 21.5. The third-order valence-corrected chi connectivity index (χ3v) is 9.22. The van der Waals surface area contributed by atoms with Gasteiger partial charge in [0.25, 0.3) is 0 Å². The molecule has 144 valence electrons. The standard InChI is InChI=1S/C22H32O4/c1-13(19(24)25)16-6-7-17-18-5-4-14-12-15(23)8-9-21(14,3)22(18,26)11-10-20(16,17)2/h12-13,16-18,26H,4-11H2,1-3H3,(H,24,25)/t13?,16-,17?,18?,20-,21+,22-/m1/s1. The van der Waals surface area contributed by atoms with Crippen molar-refractivity contribution in [3.05, 3.63) is 11.6 Å². The molecule has 4 heteroatoms. The average Bonchev–Trinajstić information content (AvgIpc) is 2.93. The van der Waals surface area contributed by atoms with Crippen LogP contribution < -0.4 is 0 Å². The summed E-state index contributed by atoms with van der Waals surface area (Å²) in [6.07, 6.45) is 8.55. The van der Waals surface area contributed by atoms with E-state index in [1.165, 1.54) is 0 Å². The molecule has 0 aromatic heterocycles. The van der Waals surface area contributed by atoms with Crippen LogP contribution in [0.15, 0.2) is 11.6 Å². The first kappa shape index (κ1) is 18.2. The summed E-state index contributed by atoms with van der Waals surface area (Å²) in [7, 11) is 0. The summed E-state index contributed by atoms with van der Waals surface area (Å²) < 4.78 is 0. The number of carboxylic acid groups (broad SMARTS) is 1. The smallest absolute Gasteiger partial charge is 0.306 e. The molecule has 2 N–H and O–H groups in total. The molecule has 0 aromatic carbocycles. The van der Waals surface area contributed by atoms with Crippen LogP contribution in [-0.2, 0) is 9.59 Å². The molecular weight excluding hydrogens is 328 g/mol. The molecule has 0 aromatic rings. The van der Waals surface area contributed by atoms with Gasteiger partial charge in [0.15, 0.2) is 5.78 Å². The van der Waals surface area contributed by atoms with Crippen LogP contribution in [0.4, 0.5) is 0 Å². The summed E-state index contributed by atoms with van der Waals surface area (Å²) in [5.41, 5.74) is 0.131. The van der Waals surface area contributed by atoms with Crippen LogP contribution in [0, 0.1) is 34.5 Å². The number of aliphatic hydroxyl groups is 1. The maximum atomic E-state index is 12.0. The number of hydrogen-bond acceptors (Lipinski definition) is 3. The van der Waals surface area contributed by atoms with Crippen LogP contribution in [0.25, 0.3) is 0 Å². The van der Waals surface area contributed by atoms with Crippen molar-refractivity contribution in [2.45, 2.75) is 77.7 Å². The number of rotatable bonds is 2. The number of hydrogen-bond donors (Lipinski definition) is 2. The van der Waals surface area contributed by atoms with E-state index in [9.17, 15) is 19.8 Å². The van der Waals surface area contributed by atoms with E-state index < -0.39 is 11.6 Å². The first-order valence-electron chi connectivity index (χ1n) is 10.3. The van der Waals surface area contributed by atoms with Crippen LogP contribution in [0.2, 0.25) is 0 Å². The molecule has 0 spiro atoms. The minimum absolute atomic E-state index is 0.0107. The second-order valence-corrected chi connectivity index (χ2v) is 9.96. The molecule has 3 fully saturated rings. The van der Waals surface area contributed by atoms with E-state index >= 15 is 0 Å². The van der Waals surface area contributed by atoms with Crippen LogP contribution >= 0.6 is 0 Å². The lowest BCUT2D eigenvalue weighted by Gasteiger charge is -2.63. The second kappa shape index (κ2) is 5.67. The van der Waals surface area contributed by atoms with Gasteiger partial charge in [0.05, 0.1) is 11.5 Å². The highest BCUT2D eigenvalue weighted by Gasteiger charge is 2.66. The Hall–Kier alpha value is -1.16. The molecule has 0 radical (unpaired) electrons. The summed E-state index contributed by atoms with van der Waals surface area (Å²) in [6, 6.07) is 0. The van der Waals surface area contributed by atoms with Gasteiger partial charge in [-0.15, -0.1) is 0 Å². The molecule has 4 aliphatic rings. The largest absolute Gasteiger partial charge is 0.481 e. The second-order valence-electron chi connectivity index (χ2n) is 9.96. The molecule has 0 saturated heterocycles. The number of fused-ring (bicyclic) bond motifs is 5. The van der Waals surface area contributed by atoms with Gasteiger partial charge in [-0.3, -0.25) is 9.59 Å². The fraction of sp³-hybridized carbons (Fsp3) is 0.818. The summed E-state index contributed by atoms with van der Waals surface area (Å²) >= 11 is 0. The van der Waals surface area contributed by atoms with Gasteiger partial charge >= 0.3 is 5.97 Å². The number of aliphatic carboxylic acids is 1. The van der Waals surface area contributed by atoms with Crippen molar-refractivity contribution in [1.82, 2.24) is 0 Å². The van der Waals surface area contributed by atoms with Gasteiger partial charge in [-0.25, -0.2) is 0 Å². The van der Waals surface area contributed by atoms with Crippen molar-refractivity contribution < 1.29 is 19.8 Å². The van der Waals surface area contributed by atoms with E-state index in [2.05, 4.69) is 13.8 Å². The Balaban J connectivity index is 1.70. The van der Waals surface area contributed by atoms with Gasteiger partial charge < -0.3 is 10.2 Å². The average molecular weight is 360 g/mol. The summed E-state index contributed by atoms with van der Waals surface area (Å²) in [4.78, 5) is 23.6. The molecule has 4 rings (SSSR count). The minimum atomic E-state index is -0.747. The van der Waals surface area contributed by atoms with Gasteiger partial charge in [0.1, 0.15) is 0 Å². The van der Waals surface area contributed by atoms with Crippen molar-refractivity contribution in [3.63, 3.8) is 0 Å². The van der Waals surface area contributed by atoms with Crippen molar-refractivity contribution in [3.8, 4) is 0 Å². The first-order valence-corrected chi connectivity index (χ1v) is 10.3. The zero-order valence-corrected chi connectivity index (χ0v) is 16.3. The molecule has 3 saturated carbocycles. The van der Waals surface area contributed by atoms with E-state index in [1.54, 1.807) is 0 Å². The third kappa shape index (κ3) is 2.17. The number of carbonyl (C=O) groups is 2. The van der Waals surface area contributed by atoms with Gasteiger partial charge in [-0.1, -0.05) is 26.3 Å². The lowest BCUT2D eigenvalue weighted by atomic mass is 9.44. The van der Waals surface area contributed by atoms with Crippen LogP contribution in [0.5, 0.6) is 0 Å². The Morgan fingerprint density at radius 1 is 1.12 bits per heavy atom. The van der Waals surface area contributed by atoms with Crippen molar-refractivity contribution in [2.75, 3.05) is 0 Å². The molecule has 0 heterocycles.